The van der Waals surface area contributed by atoms with E-state index >= 15 is 0 Å². The van der Waals surface area contributed by atoms with Crippen LogP contribution in [0.25, 0.3) is 0 Å². The number of rotatable bonds is 4. The molecule has 0 atom stereocenters. The van der Waals surface area contributed by atoms with Crippen LogP contribution < -0.4 is 11.1 Å². The molecule has 1 aliphatic rings. The summed E-state index contributed by atoms with van der Waals surface area (Å²) in [6, 6.07) is 7.55. The maximum atomic E-state index is 12.8. The second-order valence-corrected chi connectivity index (χ2v) is 6.75. The lowest BCUT2D eigenvalue weighted by atomic mass is 9.73. The molecule has 0 saturated carbocycles. The Bertz CT molecular complexity index is 505. The zero-order valence-corrected chi connectivity index (χ0v) is 13.4. The first-order valence-electron chi connectivity index (χ1n) is 7.25. The van der Waals surface area contributed by atoms with Crippen LogP contribution in [0.1, 0.15) is 32.3 Å². The molecule has 2 rings (SSSR count). The second-order valence-electron chi connectivity index (χ2n) is 6.35. The minimum absolute atomic E-state index is 0.0163. The average molecular weight is 311 g/mol. The molecule has 0 aromatic heterocycles. The second kappa shape index (κ2) is 6.34. The molecule has 0 spiro atoms. The predicted octanol–water partition coefficient (Wildman–Crippen LogP) is 2.24. The van der Waals surface area contributed by atoms with Crippen LogP contribution in [0, 0.1) is 0 Å². The van der Waals surface area contributed by atoms with Crippen LogP contribution in [-0.4, -0.2) is 31.2 Å². The number of carbonyl (C=O) groups excluding carboxylic acids is 1. The first-order chi connectivity index (χ1) is 9.85. The molecule has 4 nitrogen and oxygen atoms in total. The first kappa shape index (κ1) is 16.3. The SMILES string of the molecule is CC(C)(N)CNC(=O)C1(c2ccccc2Cl)CCOCC1. The van der Waals surface area contributed by atoms with Crippen LogP contribution in [-0.2, 0) is 14.9 Å². The smallest absolute Gasteiger partial charge is 0.230 e. The number of ether oxygens (including phenoxy) is 1. The van der Waals surface area contributed by atoms with E-state index in [1.165, 1.54) is 0 Å². The van der Waals surface area contributed by atoms with E-state index in [2.05, 4.69) is 5.32 Å². The molecule has 1 aliphatic heterocycles. The van der Waals surface area contributed by atoms with Gasteiger partial charge in [0.25, 0.3) is 0 Å². The van der Waals surface area contributed by atoms with Crippen molar-refractivity contribution in [2.45, 2.75) is 37.6 Å². The first-order valence-corrected chi connectivity index (χ1v) is 7.63. The van der Waals surface area contributed by atoms with Crippen molar-refractivity contribution < 1.29 is 9.53 Å². The van der Waals surface area contributed by atoms with Gasteiger partial charge in [-0.1, -0.05) is 29.8 Å². The Kier molecular flexibility index (Phi) is 4.91. The van der Waals surface area contributed by atoms with E-state index in [1.54, 1.807) is 0 Å². The lowest BCUT2D eigenvalue weighted by Crippen LogP contribution is -2.53. The number of carbonyl (C=O) groups is 1. The van der Waals surface area contributed by atoms with Gasteiger partial charge >= 0.3 is 0 Å². The third kappa shape index (κ3) is 3.76. The standard InChI is InChI=1S/C16H23ClN2O2/c1-15(2,18)11-19-14(20)16(7-9-21-10-8-16)12-5-3-4-6-13(12)17/h3-6H,7-11,18H2,1-2H3,(H,19,20). The molecule has 5 heteroatoms. The Morgan fingerprint density at radius 3 is 2.57 bits per heavy atom. The minimum atomic E-state index is -0.623. The lowest BCUT2D eigenvalue weighted by molar-refractivity contribution is -0.130. The van der Waals surface area contributed by atoms with Crippen molar-refractivity contribution >= 4 is 17.5 Å². The van der Waals surface area contributed by atoms with Crippen LogP contribution >= 0.6 is 11.6 Å². The summed E-state index contributed by atoms with van der Waals surface area (Å²) in [7, 11) is 0. The number of nitrogens with two attached hydrogens (primary N) is 1. The summed E-state index contributed by atoms with van der Waals surface area (Å²) in [5.41, 5.74) is 5.77. The monoisotopic (exact) mass is 310 g/mol. The molecular formula is C16H23ClN2O2. The van der Waals surface area contributed by atoms with Gasteiger partial charge < -0.3 is 15.8 Å². The van der Waals surface area contributed by atoms with Crippen LogP contribution in [0.4, 0.5) is 0 Å². The minimum Gasteiger partial charge on any atom is -0.381 e. The molecule has 1 heterocycles. The fraction of sp³-hybridized carbons (Fsp3) is 0.562. The van der Waals surface area contributed by atoms with Crippen LogP contribution in [0.5, 0.6) is 0 Å². The summed E-state index contributed by atoms with van der Waals surface area (Å²) in [5.74, 6) is -0.0163. The lowest BCUT2D eigenvalue weighted by Gasteiger charge is -2.37. The summed E-state index contributed by atoms with van der Waals surface area (Å²) in [5, 5.41) is 3.61. The molecule has 1 amide bonds. The Hall–Kier alpha value is -1.10. The molecule has 1 saturated heterocycles. The Balaban J connectivity index is 2.29. The quantitative estimate of drug-likeness (QED) is 0.896. The van der Waals surface area contributed by atoms with Gasteiger partial charge in [0.05, 0.1) is 5.41 Å². The van der Waals surface area contributed by atoms with E-state index in [0.717, 1.165) is 5.56 Å². The Labute approximate surface area is 131 Å². The predicted molar refractivity (Wildman–Crippen MR) is 84.5 cm³/mol. The fourth-order valence-corrected chi connectivity index (χ4v) is 2.98. The number of amides is 1. The molecule has 0 unspecified atom stereocenters. The Morgan fingerprint density at radius 2 is 2.00 bits per heavy atom. The third-order valence-electron chi connectivity index (χ3n) is 3.87. The van der Waals surface area contributed by atoms with Gasteiger partial charge in [-0.3, -0.25) is 4.79 Å². The molecule has 116 valence electrons. The van der Waals surface area contributed by atoms with Crippen LogP contribution in [0.2, 0.25) is 5.02 Å². The number of hydrogen-bond acceptors (Lipinski definition) is 3. The number of hydrogen-bond donors (Lipinski definition) is 2. The topological polar surface area (TPSA) is 64.3 Å². The van der Waals surface area contributed by atoms with E-state index in [1.807, 2.05) is 38.1 Å². The number of nitrogens with one attached hydrogen (secondary N) is 1. The van der Waals surface area contributed by atoms with Gasteiger partial charge in [0.15, 0.2) is 0 Å². The van der Waals surface area contributed by atoms with Gasteiger partial charge in [-0.15, -0.1) is 0 Å². The van der Waals surface area contributed by atoms with Gasteiger partial charge in [-0.05, 0) is 38.3 Å². The van der Waals surface area contributed by atoms with Gasteiger partial charge in [0.2, 0.25) is 5.91 Å². The summed E-state index contributed by atoms with van der Waals surface area (Å²) in [4.78, 5) is 12.8. The van der Waals surface area contributed by atoms with Gasteiger partial charge in [0, 0.05) is 30.3 Å². The highest BCUT2D eigenvalue weighted by Gasteiger charge is 2.43. The summed E-state index contributed by atoms with van der Waals surface area (Å²) < 4.78 is 5.43. The summed E-state index contributed by atoms with van der Waals surface area (Å²) >= 11 is 6.34. The van der Waals surface area contributed by atoms with E-state index < -0.39 is 11.0 Å². The molecule has 21 heavy (non-hydrogen) atoms. The molecule has 1 aromatic rings. The van der Waals surface area contributed by atoms with E-state index in [4.69, 9.17) is 22.1 Å². The number of benzene rings is 1. The van der Waals surface area contributed by atoms with Crippen molar-refractivity contribution in [3.63, 3.8) is 0 Å². The Morgan fingerprint density at radius 1 is 1.38 bits per heavy atom. The van der Waals surface area contributed by atoms with E-state index in [-0.39, 0.29) is 5.91 Å². The maximum Gasteiger partial charge on any atom is 0.230 e. The van der Waals surface area contributed by atoms with Crippen molar-refractivity contribution in [2.75, 3.05) is 19.8 Å². The molecule has 3 N–H and O–H groups in total. The maximum absolute atomic E-state index is 12.8. The van der Waals surface area contributed by atoms with Crippen molar-refractivity contribution in [3.8, 4) is 0 Å². The van der Waals surface area contributed by atoms with Crippen molar-refractivity contribution in [1.29, 1.82) is 0 Å². The molecule has 0 radical (unpaired) electrons. The molecule has 0 bridgehead atoms. The van der Waals surface area contributed by atoms with Crippen molar-refractivity contribution in [2.24, 2.45) is 5.73 Å². The van der Waals surface area contributed by atoms with Gasteiger partial charge in [-0.25, -0.2) is 0 Å². The molecule has 1 fully saturated rings. The number of halogens is 1. The van der Waals surface area contributed by atoms with E-state index in [9.17, 15) is 4.79 Å². The summed E-state index contributed by atoms with van der Waals surface area (Å²) in [6.07, 6.45) is 1.27. The van der Waals surface area contributed by atoms with Crippen LogP contribution in [0.3, 0.4) is 0 Å². The highest BCUT2D eigenvalue weighted by atomic mass is 35.5. The van der Waals surface area contributed by atoms with Crippen LogP contribution in [0.15, 0.2) is 24.3 Å². The van der Waals surface area contributed by atoms with Gasteiger partial charge in [-0.2, -0.15) is 0 Å². The zero-order valence-electron chi connectivity index (χ0n) is 12.6. The molecule has 0 aliphatic carbocycles. The molecule has 1 aromatic carbocycles. The van der Waals surface area contributed by atoms with Gasteiger partial charge in [0.1, 0.15) is 0 Å². The zero-order chi connectivity index (χ0) is 15.5. The highest BCUT2D eigenvalue weighted by molar-refractivity contribution is 6.31. The van der Waals surface area contributed by atoms with Crippen molar-refractivity contribution in [1.82, 2.24) is 5.32 Å². The fourth-order valence-electron chi connectivity index (χ4n) is 2.67. The van der Waals surface area contributed by atoms with E-state index in [0.29, 0.717) is 37.6 Å². The normalized spacial score (nSPS) is 18.3. The summed E-state index contributed by atoms with van der Waals surface area (Å²) in [6.45, 7) is 5.33. The highest BCUT2D eigenvalue weighted by Crippen LogP contribution is 2.38. The largest absolute Gasteiger partial charge is 0.381 e. The third-order valence-corrected chi connectivity index (χ3v) is 4.20. The average Bonchev–Trinajstić information content (AvgIpc) is 2.45. The van der Waals surface area contributed by atoms with Crippen molar-refractivity contribution in [3.05, 3.63) is 34.9 Å². The molecular weight excluding hydrogens is 288 g/mol.